The van der Waals surface area contributed by atoms with E-state index in [0.717, 1.165) is 30.7 Å². The molecule has 0 aliphatic carbocycles. The zero-order valence-corrected chi connectivity index (χ0v) is 10.8. The van der Waals surface area contributed by atoms with Crippen molar-refractivity contribution in [3.63, 3.8) is 0 Å². The van der Waals surface area contributed by atoms with Gasteiger partial charge in [0.15, 0.2) is 0 Å². The predicted octanol–water partition coefficient (Wildman–Crippen LogP) is 1.19. The summed E-state index contributed by atoms with van der Waals surface area (Å²) in [6, 6.07) is 7.88. The molecule has 18 heavy (non-hydrogen) atoms. The average Bonchev–Trinajstić information content (AvgIpc) is 2.87. The number of carbonyl (C=O) groups excluding carboxylic acids is 1. The van der Waals surface area contributed by atoms with Gasteiger partial charge in [0.25, 0.3) is 0 Å². The summed E-state index contributed by atoms with van der Waals surface area (Å²) in [7, 11) is 1.63. The van der Waals surface area contributed by atoms with E-state index < -0.39 is 0 Å². The average molecular weight is 248 g/mol. The fourth-order valence-electron chi connectivity index (χ4n) is 2.47. The SMILES string of the molecule is COc1cccc(CC(=O)N2CCC[C@H]2CN)c1. The minimum absolute atomic E-state index is 0.163. The van der Waals surface area contributed by atoms with Crippen molar-refractivity contribution in [2.75, 3.05) is 20.2 Å². The first-order valence-electron chi connectivity index (χ1n) is 6.37. The molecule has 1 aromatic carbocycles. The normalized spacial score (nSPS) is 19.0. The second kappa shape index (κ2) is 5.87. The molecule has 1 fully saturated rings. The van der Waals surface area contributed by atoms with E-state index in [-0.39, 0.29) is 11.9 Å². The zero-order valence-electron chi connectivity index (χ0n) is 10.8. The van der Waals surface area contributed by atoms with Crippen LogP contribution in [0.5, 0.6) is 5.75 Å². The van der Waals surface area contributed by atoms with E-state index >= 15 is 0 Å². The first-order valence-corrected chi connectivity index (χ1v) is 6.37. The highest BCUT2D eigenvalue weighted by atomic mass is 16.5. The van der Waals surface area contributed by atoms with Crippen LogP contribution in [0, 0.1) is 0 Å². The maximum atomic E-state index is 12.2. The summed E-state index contributed by atoms with van der Waals surface area (Å²) in [6.07, 6.45) is 2.51. The summed E-state index contributed by atoms with van der Waals surface area (Å²) in [5.74, 6) is 0.952. The lowest BCUT2D eigenvalue weighted by Crippen LogP contribution is -2.40. The number of amides is 1. The molecule has 1 aromatic rings. The van der Waals surface area contributed by atoms with Crippen LogP contribution in [0.1, 0.15) is 18.4 Å². The number of carbonyl (C=O) groups is 1. The largest absolute Gasteiger partial charge is 0.497 e. The van der Waals surface area contributed by atoms with E-state index in [9.17, 15) is 4.79 Å². The molecule has 0 saturated carbocycles. The zero-order chi connectivity index (χ0) is 13.0. The number of rotatable bonds is 4. The lowest BCUT2D eigenvalue weighted by atomic mass is 10.1. The minimum atomic E-state index is 0.163. The Morgan fingerprint density at radius 1 is 1.56 bits per heavy atom. The van der Waals surface area contributed by atoms with Crippen LogP contribution in [0.25, 0.3) is 0 Å². The molecule has 1 saturated heterocycles. The van der Waals surface area contributed by atoms with Crippen LogP contribution in [-0.4, -0.2) is 37.0 Å². The second-order valence-corrected chi connectivity index (χ2v) is 4.65. The molecule has 0 radical (unpaired) electrons. The molecular weight excluding hydrogens is 228 g/mol. The van der Waals surface area contributed by atoms with Gasteiger partial charge in [-0.25, -0.2) is 0 Å². The van der Waals surface area contributed by atoms with Crippen LogP contribution in [0.3, 0.4) is 0 Å². The number of likely N-dealkylation sites (tertiary alicyclic amines) is 1. The Kier molecular flexibility index (Phi) is 4.20. The molecule has 0 spiro atoms. The maximum absolute atomic E-state index is 12.2. The molecule has 98 valence electrons. The van der Waals surface area contributed by atoms with Crippen molar-refractivity contribution < 1.29 is 9.53 Å². The van der Waals surface area contributed by atoms with Gasteiger partial charge in [-0.05, 0) is 30.5 Å². The molecule has 0 unspecified atom stereocenters. The van der Waals surface area contributed by atoms with Crippen molar-refractivity contribution in [1.29, 1.82) is 0 Å². The van der Waals surface area contributed by atoms with Gasteiger partial charge in [0, 0.05) is 19.1 Å². The third-order valence-corrected chi connectivity index (χ3v) is 3.46. The number of benzene rings is 1. The fourth-order valence-corrected chi connectivity index (χ4v) is 2.47. The molecule has 4 nitrogen and oxygen atoms in total. The third kappa shape index (κ3) is 2.82. The quantitative estimate of drug-likeness (QED) is 0.870. The van der Waals surface area contributed by atoms with Gasteiger partial charge in [-0.15, -0.1) is 0 Å². The van der Waals surface area contributed by atoms with Gasteiger partial charge < -0.3 is 15.4 Å². The summed E-state index contributed by atoms with van der Waals surface area (Å²) < 4.78 is 5.16. The number of hydrogen-bond acceptors (Lipinski definition) is 3. The lowest BCUT2D eigenvalue weighted by Gasteiger charge is -2.23. The Balaban J connectivity index is 2.02. The van der Waals surface area contributed by atoms with E-state index in [1.54, 1.807) is 7.11 Å². The molecule has 1 amide bonds. The first kappa shape index (κ1) is 12.9. The van der Waals surface area contributed by atoms with Crippen molar-refractivity contribution in [2.45, 2.75) is 25.3 Å². The number of nitrogens with zero attached hydrogens (tertiary/aromatic N) is 1. The molecule has 1 aliphatic rings. The van der Waals surface area contributed by atoms with Crippen molar-refractivity contribution in [1.82, 2.24) is 4.90 Å². The van der Waals surface area contributed by atoms with Crippen molar-refractivity contribution in [3.05, 3.63) is 29.8 Å². The van der Waals surface area contributed by atoms with Crippen molar-refractivity contribution >= 4 is 5.91 Å². The van der Waals surface area contributed by atoms with Gasteiger partial charge in [-0.1, -0.05) is 12.1 Å². The Hall–Kier alpha value is -1.55. The first-order chi connectivity index (χ1) is 8.74. The van der Waals surface area contributed by atoms with Crippen molar-refractivity contribution in [2.24, 2.45) is 5.73 Å². The van der Waals surface area contributed by atoms with Gasteiger partial charge in [0.2, 0.25) is 5.91 Å². The van der Waals surface area contributed by atoms with Crippen LogP contribution >= 0.6 is 0 Å². The van der Waals surface area contributed by atoms with Crippen LogP contribution in [0.4, 0.5) is 0 Å². The smallest absolute Gasteiger partial charge is 0.227 e. The topological polar surface area (TPSA) is 55.6 Å². The molecule has 0 aromatic heterocycles. The molecule has 1 heterocycles. The molecule has 4 heteroatoms. The minimum Gasteiger partial charge on any atom is -0.497 e. The number of hydrogen-bond donors (Lipinski definition) is 1. The summed E-state index contributed by atoms with van der Waals surface area (Å²) in [4.78, 5) is 14.1. The Labute approximate surface area is 108 Å². The van der Waals surface area contributed by atoms with Gasteiger partial charge in [0.1, 0.15) is 5.75 Å². The van der Waals surface area contributed by atoms with Crippen LogP contribution in [-0.2, 0) is 11.2 Å². The second-order valence-electron chi connectivity index (χ2n) is 4.65. The van der Waals surface area contributed by atoms with E-state index in [1.807, 2.05) is 29.2 Å². The van der Waals surface area contributed by atoms with Crippen LogP contribution in [0.2, 0.25) is 0 Å². The highest BCUT2D eigenvalue weighted by molar-refractivity contribution is 5.79. The standard InChI is InChI=1S/C14H20N2O2/c1-18-13-6-2-4-11(8-13)9-14(17)16-7-3-5-12(16)10-15/h2,4,6,8,12H,3,5,7,9-10,15H2,1H3/t12-/m0/s1. The highest BCUT2D eigenvalue weighted by Crippen LogP contribution is 2.19. The third-order valence-electron chi connectivity index (χ3n) is 3.46. The Morgan fingerprint density at radius 2 is 2.39 bits per heavy atom. The molecule has 2 rings (SSSR count). The van der Waals surface area contributed by atoms with Gasteiger partial charge in [-0.2, -0.15) is 0 Å². The van der Waals surface area contributed by atoms with E-state index in [4.69, 9.17) is 10.5 Å². The Bertz CT molecular complexity index is 420. The van der Waals surface area contributed by atoms with Gasteiger partial charge in [0.05, 0.1) is 13.5 Å². The van der Waals surface area contributed by atoms with E-state index in [0.29, 0.717) is 13.0 Å². The molecular formula is C14H20N2O2. The molecule has 1 atom stereocenters. The summed E-state index contributed by atoms with van der Waals surface area (Å²) >= 11 is 0. The van der Waals surface area contributed by atoms with Gasteiger partial charge in [-0.3, -0.25) is 4.79 Å². The number of methoxy groups -OCH3 is 1. The monoisotopic (exact) mass is 248 g/mol. The summed E-state index contributed by atoms with van der Waals surface area (Å²) in [5.41, 5.74) is 6.68. The maximum Gasteiger partial charge on any atom is 0.227 e. The molecule has 2 N–H and O–H groups in total. The van der Waals surface area contributed by atoms with Gasteiger partial charge >= 0.3 is 0 Å². The number of nitrogens with two attached hydrogens (primary N) is 1. The lowest BCUT2D eigenvalue weighted by molar-refractivity contribution is -0.131. The fraction of sp³-hybridized carbons (Fsp3) is 0.500. The van der Waals surface area contributed by atoms with E-state index in [1.165, 1.54) is 0 Å². The van der Waals surface area contributed by atoms with E-state index in [2.05, 4.69) is 0 Å². The molecule has 1 aliphatic heterocycles. The predicted molar refractivity (Wildman–Crippen MR) is 70.5 cm³/mol. The van der Waals surface area contributed by atoms with Crippen molar-refractivity contribution in [3.8, 4) is 5.75 Å². The molecule has 0 bridgehead atoms. The van der Waals surface area contributed by atoms with Crippen LogP contribution in [0.15, 0.2) is 24.3 Å². The Morgan fingerprint density at radius 3 is 3.11 bits per heavy atom. The summed E-state index contributed by atoms with van der Waals surface area (Å²) in [6.45, 7) is 1.40. The summed E-state index contributed by atoms with van der Waals surface area (Å²) in [5, 5.41) is 0. The van der Waals surface area contributed by atoms with Crippen LogP contribution < -0.4 is 10.5 Å². The number of ether oxygens (including phenoxy) is 1. The highest BCUT2D eigenvalue weighted by Gasteiger charge is 2.27.